The highest BCUT2D eigenvalue weighted by Crippen LogP contribution is 2.39. The average molecular weight is 225 g/mol. The first kappa shape index (κ1) is 9.55. The predicted octanol–water partition coefficient (Wildman–Crippen LogP) is 2.86. The van der Waals surface area contributed by atoms with Crippen molar-refractivity contribution >= 4 is 11.6 Å². The molecule has 0 bridgehead atoms. The molecule has 80 valence electrons. The summed E-state index contributed by atoms with van der Waals surface area (Å²) in [6, 6.07) is 1.84. The van der Waals surface area contributed by atoms with Crippen LogP contribution in [-0.2, 0) is 4.74 Å². The third-order valence-corrected chi connectivity index (χ3v) is 3.13. The fraction of sp³-hybridized carbons (Fsp3) is 0.636. The molecule has 1 saturated carbocycles. The van der Waals surface area contributed by atoms with Crippen molar-refractivity contribution < 1.29 is 4.74 Å². The summed E-state index contributed by atoms with van der Waals surface area (Å²) in [5.74, 6) is 1.46. The summed E-state index contributed by atoms with van der Waals surface area (Å²) in [6.07, 6.45) is 4.71. The first-order valence-electron chi connectivity index (χ1n) is 5.49. The van der Waals surface area contributed by atoms with Crippen molar-refractivity contribution in [1.29, 1.82) is 0 Å². The normalized spacial score (nSPS) is 25.8. The van der Waals surface area contributed by atoms with Gasteiger partial charge in [0.2, 0.25) is 0 Å². The largest absolute Gasteiger partial charge is 0.372 e. The number of hydrogen-bond donors (Lipinski definition) is 0. The molecule has 0 amide bonds. The zero-order valence-electron chi connectivity index (χ0n) is 8.45. The van der Waals surface area contributed by atoms with Crippen molar-refractivity contribution in [2.24, 2.45) is 0 Å². The first-order valence-corrected chi connectivity index (χ1v) is 5.87. The van der Waals surface area contributed by atoms with Crippen LogP contribution in [0, 0.1) is 0 Å². The molecule has 3 nitrogen and oxygen atoms in total. The Bertz CT molecular complexity index is 373. The van der Waals surface area contributed by atoms with Gasteiger partial charge in [0.05, 0.1) is 11.8 Å². The Morgan fingerprint density at radius 1 is 1.27 bits per heavy atom. The van der Waals surface area contributed by atoms with Gasteiger partial charge in [-0.3, -0.25) is 0 Å². The van der Waals surface area contributed by atoms with Gasteiger partial charge in [0.1, 0.15) is 11.0 Å². The summed E-state index contributed by atoms with van der Waals surface area (Å²) >= 11 is 5.99. The van der Waals surface area contributed by atoms with Gasteiger partial charge in [-0.2, -0.15) is 0 Å². The molecular formula is C11H13ClN2O. The molecule has 3 rings (SSSR count). The zero-order valence-corrected chi connectivity index (χ0v) is 9.20. The van der Waals surface area contributed by atoms with E-state index in [2.05, 4.69) is 9.97 Å². The lowest BCUT2D eigenvalue weighted by Crippen LogP contribution is -2.03. The first-order chi connectivity index (χ1) is 7.33. The van der Waals surface area contributed by atoms with E-state index in [-0.39, 0.29) is 6.10 Å². The van der Waals surface area contributed by atoms with Crippen LogP contribution >= 0.6 is 11.6 Å². The lowest BCUT2D eigenvalue weighted by Gasteiger charge is -2.10. The van der Waals surface area contributed by atoms with Gasteiger partial charge in [0.25, 0.3) is 0 Å². The molecule has 0 radical (unpaired) electrons. The Morgan fingerprint density at radius 2 is 2.13 bits per heavy atom. The topological polar surface area (TPSA) is 35.0 Å². The van der Waals surface area contributed by atoms with Crippen LogP contribution in [0.2, 0.25) is 5.15 Å². The van der Waals surface area contributed by atoms with Crippen molar-refractivity contribution in [2.75, 3.05) is 6.61 Å². The molecule has 1 aromatic rings. The summed E-state index contributed by atoms with van der Waals surface area (Å²) < 4.78 is 5.60. The predicted molar refractivity (Wildman–Crippen MR) is 56.9 cm³/mol. The van der Waals surface area contributed by atoms with Crippen LogP contribution in [0.15, 0.2) is 6.07 Å². The van der Waals surface area contributed by atoms with Crippen LogP contribution in [0.3, 0.4) is 0 Å². The molecule has 1 unspecified atom stereocenters. The highest BCUT2D eigenvalue weighted by atomic mass is 35.5. The lowest BCUT2D eigenvalue weighted by molar-refractivity contribution is 0.108. The van der Waals surface area contributed by atoms with Gasteiger partial charge in [0.15, 0.2) is 0 Å². The number of hydrogen-bond acceptors (Lipinski definition) is 3. The maximum Gasteiger partial charge on any atom is 0.133 e. The monoisotopic (exact) mass is 224 g/mol. The molecule has 1 atom stereocenters. The van der Waals surface area contributed by atoms with Crippen molar-refractivity contribution in [3.05, 3.63) is 22.7 Å². The Hall–Kier alpha value is -0.670. The van der Waals surface area contributed by atoms with Crippen molar-refractivity contribution in [3.8, 4) is 0 Å². The van der Waals surface area contributed by atoms with Crippen LogP contribution in [0.4, 0.5) is 0 Å². The van der Waals surface area contributed by atoms with Gasteiger partial charge >= 0.3 is 0 Å². The maximum absolute atomic E-state index is 5.99. The lowest BCUT2D eigenvalue weighted by atomic mass is 10.2. The molecule has 1 aliphatic heterocycles. The minimum Gasteiger partial charge on any atom is -0.372 e. The van der Waals surface area contributed by atoms with E-state index in [1.165, 1.54) is 12.8 Å². The van der Waals surface area contributed by atoms with E-state index in [1.54, 1.807) is 0 Å². The molecule has 2 heterocycles. The molecular weight excluding hydrogens is 212 g/mol. The number of nitrogens with zero attached hydrogens (tertiary/aromatic N) is 2. The van der Waals surface area contributed by atoms with E-state index in [4.69, 9.17) is 16.3 Å². The summed E-state index contributed by atoms with van der Waals surface area (Å²) in [6.45, 7) is 0.838. The second-order valence-electron chi connectivity index (χ2n) is 4.25. The van der Waals surface area contributed by atoms with E-state index in [0.717, 1.165) is 31.0 Å². The van der Waals surface area contributed by atoms with Crippen LogP contribution in [-0.4, -0.2) is 16.6 Å². The van der Waals surface area contributed by atoms with Gasteiger partial charge < -0.3 is 4.74 Å². The standard InChI is InChI=1S/C11H13ClN2O/c12-10-6-8(9-2-1-5-15-9)13-11(14-10)7-3-4-7/h6-7,9H,1-5H2. The minimum atomic E-state index is 0.142. The second kappa shape index (κ2) is 3.72. The maximum atomic E-state index is 5.99. The van der Waals surface area contributed by atoms with Crippen molar-refractivity contribution in [3.63, 3.8) is 0 Å². The average Bonchev–Trinajstić information content (AvgIpc) is 2.93. The van der Waals surface area contributed by atoms with Crippen molar-refractivity contribution in [2.45, 2.75) is 37.7 Å². The van der Waals surface area contributed by atoms with E-state index >= 15 is 0 Å². The smallest absolute Gasteiger partial charge is 0.133 e. The Morgan fingerprint density at radius 3 is 2.80 bits per heavy atom. The fourth-order valence-corrected chi connectivity index (χ4v) is 2.15. The fourth-order valence-electron chi connectivity index (χ4n) is 1.95. The van der Waals surface area contributed by atoms with Crippen LogP contribution in [0.25, 0.3) is 0 Å². The van der Waals surface area contributed by atoms with E-state index < -0.39 is 0 Å². The Balaban J connectivity index is 1.91. The zero-order chi connectivity index (χ0) is 10.3. The van der Waals surface area contributed by atoms with Gasteiger partial charge in [-0.25, -0.2) is 9.97 Å². The molecule has 4 heteroatoms. The van der Waals surface area contributed by atoms with Gasteiger partial charge in [-0.1, -0.05) is 11.6 Å². The molecule has 0 aromatic carbocycles. The van der Waals surface area contributed by atoms with Crippen molar-refractivity contribution in [1.82, 2.24) is 9.97 Å². The Labute approximate surface area is 93.8 Å². The summed E-state index contributed by atoms with van der Waals surface area (Å²) in [5.41, 5.74) is 0.967. The minimum absolute atomic E-state index is 0.142. The summed E-state index contributed by atoms with van der Waals surface area (Å²) in [5, 5.41) is 0.553. The third kappa shape index (κ3) is 1.99. The Kier molecular flexibility index (Phi) is 2.37. The number of aromatic nitrogens is 2. The second-order valence-corrected chi connectivity index (χ2v) is 4.64. The summed E-state index contributed by atoms with van der Waals surface area (Å²) in [4.78, 5) is 8.82. The molecule has 1 aromatic heterocycles. The molecule has 0 N–H and O–H groups in total. The number of ether oxygens (including phenoxy) is 1. The molecule has 2 fully saturated rings. The SMILES string of the molecule is Clc1cc(C2CCCO2)nc(C2CC2)n1. The highest BCUT2D eigenvalue weighted by Gasteiger charge is 2.28. The molecule has 15 heavy (non-hydrogen) atoms. The number of halogens is 1. The van der Waals surface area contributed by atoms with E-state index in [0.29, 0.717) is 11.1 Å². The molecule has 0 spiro atoms. The van der Waals surface area contributed by atoms with Gasteiger partial charge in [-0.15, -0.1) is 0 Å². The number of rotatable bonds is 2. The third-order valence-electron chi connectivity index (χ3n) is 2.93. The quantitative estimate of drug-likeness (QED) is 0.725. The van der Waals surface area contributed by atoms with Crippen LogP contribution in [0.5, 0.6) is 0 Å². The molecule has 1 aliphatic carbocycles. The van der Waals surface area contributed by atoms with Crippen LogP contribution < -0.4 is 0 Å². The highest BCUT2D eigenvalue weighted by molar-refractivity contribution is 6.29. The van der Waals surface area contributed by atoms with Gasteiger partial charge in [-0.05, 0) is 31.7 Å². The van der Waals surface area contributed by atoms with E-state index in [9.17, 15) is 0 Å². The summed E-state index contributed by atoms with van der Waals surface area (Å²) in [7, 11) is 0. The van der Waals surface area contributed by atoms with Crippen LogP contribution in [0.1, 0.15) is 49.2 Å². The molecule has 1 saturated heterocycles. The van der Waals surface area contributed by atoms with E-state index in [1.807, 2.05) is 6.07 Å². The molecule has 2 aliphatic rings. The van der Waals surface area contributed by atoms with Gasteiger partial charge in [0, 0.05) is 12.5 Å².